The summed E-state index contributed by atoms with van der Waals surface area (Å²) in [5.74, 6) is 0.947. The first-order valence-electron chi connectivity index (χ1n) is 14.3. The summed E-state index contributed by atoms with van der Waals surface area (Å²) in [5, 5.41) is 11.3. The van der Waals surface area contributed by atoms with Crippen LogP contribution < -0.4 is 11.3 Å². The highest BCUT2D eigenvalue weighted by molar-refractivity contribution is 5.85. The number of nitrogens with zero attached hydrogens (tertiary/aromatic N) is 4. The molecule has 3 aliphatic carbocycles. The van der Waals surface area contributed by atoms with Crippen molar-refractivity contribution in [1.29, 1.82) is 0 Å². The van der Waals surface area contributed by atoms with Gasteiger partial charge in [-0.25, -0.2) is 14.4 Å². The van der Waals surface area contributed by atoms with Gasteiger partial charge >= 0.3 is 0 Å². The fraction of sp³-hybridized carbons (Fsp3) is 0.312. The van der Waals surface area contributed by atoms with E-state index in [1.54, 1.807) is 25.4 Å². The topological polar surface area (TPSA) is 132 Å². The molecule has 0 radical (unpaired) electrons. The van der Waals surface area contributed by atoms with Crippen LogP contribution in [0, 0.1) is 5.82 Å². The zero-order valence-corrected chi connectivity index (χ0v) is 23.2. The van der Waals surface area contributed by atoms with Crippen LogP contribution in [0.2, 0.25) is 0 Å². The number of benzene rings is 1. The number of fused-ring (bicyclic) bond motifs is 2. The highest BCUT2D eigenvalue weighted by Crippen LogP contribution is 2.39. The van der Waals surface area contributed by atoms with E-state index in [0.29, 0.717) is 51.7 Å². The molecule has 214 valence electrons. The summed E-state index contributed by atoms with van der Waals surface area (Å²) in [7, 11) is 1.65. The van der Waals surface area contributed by atoms with Gasteiger partial charge in [0.1, 0.15) is 17.2 Å². The Balaban J connectivity index is 1.34. The second kappa shape index (κ2) is 10.4. The predicted molar refractivity (Wildman–Crippen MR) is 160 cm³/mol. The van der Waals surface area contributed by atoms with Crippen LogP contribution in [-0.4, -0.2) is 43.3 Å². The molecule has 0 aliphatic heterocycles. The molecule has 1 aromatic carbocycles. The number of hydrogen-bond donors (Lipinski definition) is 3. The number of imidazole rings is 1. The molecule has 10 heteroatoms. The van der Waals surface area contributed by atoms with Crippen LogP contribution in [0.1, 0.15) is 67.4 Å². The van der Waals surface area contributed by atoms with Crippen molar-refractivity contribution in [3.8, 4) is 0 Å². The molecular formula is C32H31FN6O3. The van der Waals surface area contributed by atoms with Crippen LogP contribution in [0.4, 0.5) is 10.3 Å². The molecule has 1 unspecified atom stereocenters. The van der Waals surface area contributed by atoms with Gasteiger partial charge in [0.2, 0.25) is 5.95 Å². The largest absolute Gasteiger partial charge is 0.501 e. The number of halogens is 1. The molecule has 4 N–H and O–H groups in total. The van der Waals surface area contributed by atoms with Gasteiger partial charge in [-0.1, -0.05) is 24.6 Å². The second-order valence-corrected chi connectivity index (χ2v) is 11.1. The zero-order valence-electron chi connectivity index (χ0n) is 23.2. The molecule has 4 aromatic rings. The Bertz CT molecular complexity index is 1930. The van der Waals surface area contributed by atoms with Gasteiger partial charge in [-0.15, -0.1) is 0 Å². The minimum Gasteiger partial charge on any atom is -0.501 e. The van der Waals surface area contributed by atoms with Crippen LogP contribution in [0.3, 0.4) is 0 Å². The van der Waals surface area contributed by atoms with E-state index in [1.165, 1.54) is 10.6 Å². The van der Waals surface area contributed by atoms with Crippen molar-refractivity contribution in [2.75, 3.05) is 19.5 Å². The molecule has 1 saturated carbocycles. The number of aromatic amines is 1. The quantitative estimate of drug-likeness (QED) is 0.288. The molecule has 0 amide bonds. The van der Waals surface area contributed by atoms with Crippen LogP contribution in [0.5, 0.6) is 0 Å². The monoisotopic (exact) mass is 566 g/mol. The minimum absolute atomic E-state index is 0.0389. The highest BCUT2D eigenvalue weighted by atomic mass is 19.1. The maximum atomic E-state index is 15.4. The number of aromatic nitrogens is 5. The smallest absolute Gasteiger partial charge is 0.265 e. The fourth-order valence-corrected chi connectivity index (χ4v) is 6.29. The molecule has 3 aliphatic rings. The van der Waals surface area contributed by atoms with E-state index < -0.39 is 17.3 Å². The molecule has 42 heavy (non-hydrogen) atoms. The van der Waals surface area contributed by atoms with Crippen LogP contribution >= 0.6 is 0 Å². The lowest BCUT2D eigenvalue weighted by Crippen LogP contribution is -2.24. The number of nitrogen functional groups attached to an aromatic ring is 1. The van der Waals surface area contributed by atoms with Crippen molar-refractivity contribution in [3.05, 3.63) is 93.3 Å². The molecule has 0 bridgehead atoms. The Labute approximate surface area is 241 Å². The number of allylic oxidation sites excluding steroid dienone is 7. The van der Waals surface area contributed by atoms with E-state index in [2.05, 4.69) is 26.0 Å². The van der Waals surface area contributed by atoms with E-state index in [0.717, 1.165) is 49.0 Å². The molecule has 0 spiro atoms. The lowest BCUT2D eigenvalue weighted by molar-refractivity contribution is 0.277. The normalized spacial score (nSPS) is 19.3. The molecule has 0 saturated heterocycles. The second-order valence-electron chi connectivity index (χ2n) is 11.1. The van der Waals surface area contributed by atoms with Crippen molar-refractivity contribution < 1.29 is 14.2 Å². The Morgan fingerprint density at radius 1 is 1.24 bits per heavy atom. The average Bonchev–Trinajstić information content (AvgIpc) is 3.39. The molecule has 7 rings (SSSR count). The van der Waals surface area contributed by atoms with Gasteiger partial charge in [0.05, 0.1) is 36.3 Å². The number of hydrogen-bond acceptors (Lipinski definition) is 7. The van der Waals surface area contributed by atoms with Crippen molar-refractivity contribution in [2.45, 2.75) is 50.4 Å². The third kappa shape index (κ3) is 4.34. The summed E-state index contributed by atoms with van der Waals surface area (Å²) < 4.78 is 22.2. The van der Waals surface area contributed by atoms with Crippen molar-refractivity contribution in [1.82, 2.24) is 24.5 Å². The number of methoxy groups -OCH3 is 1. The number of aliphatic hydroxyl groups excluding tert-OH is 1. The standard InChI is InChI=1S/C32H31FN6O3/c1-42-21-8-3-7-19(14-21)29-35-28-27(36-32(34)38-30(28)37-29)22-9-4-10-25(23(22)16-40)39-12-11-18-13-20(17-5-2-6-17)15-24(33)26(18)31(39)41/h4,7,10-15,17,22,40H,2-3,5-6,8-9,16H2,1H3,(H3,34,35,36,37,38). The summed E-state index contributed by atoms with van der Waals surface area (Å²) in [4.78, 5) is 30.7. The average molecular weight is 567 g/mol. The van der Waals surface area contributed by atoms with Gasteiger partial charge in [0.25, 0.3) is 5.56 Å². The van der Waals surface area contributed by atoms with E-state index in [-0.39, 0.29) is 17.9 Å². The molecule has 3 aromatic heterocycles. The Hall–Kier alpha value is -4.57. The van der Waals surface area contributed by atoms with Crippen molar-refractivity contribution in [3.63, 3.8) is 0 Å². The number of nitrogens with one attached hydrogen (secondary N) is 1. The maximum Gasteiger partial charge on any atom is 0.265 e. The molecular weight excluding hydrogens is 535 g/mol. The van der Waals surface area contributed by atoms with Crippen LogP contribution in [0.15, 0.2) is 64.8 Å². The number of anilines is 1. The van der Waals surface area contributed by atoms with Gasteiger partial charge in [-0.05, 0) is 72.4 Å². The predicted octanol–water partition coefficient (Wildman–Crippen LogP) is 5.31. The summed E-state index contributed by atoms with van der Waals surface area (Å²) in [6, 6.07) is 5.20. The van der Waals surface area contributed by atoms with Crippen LogP contribution in [-0.2, 0) is 4.74 Å². The maximum absolute atomic E-state index is 15.4. The van der Waals surface area contributed by atoms with Crippen molar-refractivity contribution >= 4 is 39.2 Å². The summed E-state index contributed by atoms with van der Waals surface area (Å²) in [5.41, 5.74) is 10.1. The summed E-state index contributed by atoms with van der Waals surface area (Å²) >= 11 is 0. The van der Waals surface area contributed by atoms with Gasteiger partial charge < -0.3 is 20.6 Å². The number of nitrogens with two attached hydrogens (primary N) is 1. The fourth-order valence-electron chi connectivity index (χ4n) is 6.29. The molecule has 1 atom stereocenters. The van der Waals surface area contributed by atoms with E-state index in [1.807, 2.05) is 18.2 Å². The summed E-state index contributed by atoms with van der Waals surface area (Å²) in [6.45, 7) is -0.338. The third-order valence-corrected chi connectivity index (χ3v) is 8.72. The number of rotatable bonds is 6. The molecule has 3 heterocycles. The first kappa shape index (κ1) is 26.3. The number of pyridine rings is 1. The lowest BCUT2D eigenvalue weighted by atomic mass is 9.79. The number of ether oxygens (including phenoxy) is 1. The summed E-state index contributed by atoms with van der Waals surface area (Å²) in [6.07, 6.45) is 14.8. The Morgan fingerprint density at radius 3 is 2.86 bits per heavy atom. The first-order chi connectivity index (χ1) is 20.4. The Kier molecular flexibility index (Phi) is 6.50. The van der Waals surface area contributed by atoms with Gasteiger partial charge in [0.15, 0.2) is 5.65 Å². The lowest BCUT2D eigenvalue weighted by Gasteiger charge is -2.26. The Morgan fingerprint density at radius 2 is 2.10 bits per heavy atom. The highest BCUT2D eigenvalue weighted by Gasteiger charge is 2.29. The van der Waals surface area contributed by atoms with E-state index in [4.69, 9.17) is 10.5 Å². The zero-order chi connectivity index (χ0) is 29.0. The molecule has 1 fully saturated rings. The van der Waals surface area contributed by atoms with Gasteiger partial charge in [-0.3, -0.25) is 9.36 Å². The SMILES string of the molecule is COC1=CC(c2nc3nc(N)nc(C4CC=CC(n5ccc6cc(C7CCC7)cc(F)c6c5=O)=C4CO)c3[nH]2)=CCC1. The van der Waals surface area contributed by atoms with E-state index in [9.17, 15) is 9.90 Å². The van der Waals surface area contributed by atoms with Gasteiger partial charge in [0, 0.05) is 24.1 Å². The number of aliphatic hydroxyl groups is 1. The first-order valence-corrected chi connectivity index (χ1v) is 14.3. The molecule has 9 nitrogen and oxygen atoms in total. The van der Waals surface area contributed by atoms with Crippen LogP contribution in [0.25, 0.3) is 33.2 Å². The third-order valence-electron chi connectivity index (χ3n) is 8.72. The van der Waals surface area contributed by atoms with Gasteiger partial charge in [-0.2, -0.15) is 4.98 Å². The van der Waals surface area contributed by atoms with E-state index >= 15 is 4.39 Å². The number of H-pyrrole nitrogens is 1. The van der Waals surface area contributed by atoms with Crippen molar-refractivity contribution in [2.24, 2.45) is 0 Å². The minimum atomic E-state index is -0.519.